The van der Waals surface area contributed by atoms with Crippen molar-refractivity contribution < 1.29 is 0 Å². The van der Waals surface area contributed by atoms with Crippen molar-refractivity contribution in [1.82, 2.24) is 4.90 Å². The number of rotatable bonds is 6. The molecule has 0 radical (unpaired) electrons. The summed E-state index contributed by atoms with van der Waals surface area (Å²) in [4.78, 5) is 2.75. The summed E-state index contributed by atoms with van der Waals surface area (Å²) in [6, 6.07) is 0.807. The third-order valence-corrected chi connectivity index (χ3v) is 4.27. The Balaban J connectivity index is 2.25. The van der Waals surface area contributed by atoms with Crippen molar-refractivity contribution in [3.63, 3.8) is 0 Å². The molecule has 1 heteroatoms. The van der Waals surface area contributed by atoms with Crippen molar-refractivity contribution in [2.45, 2.75) is 78.7 Å². The fourth-order valence-electron chi connectivity index (χ4n) is 3.40. The van der Waals surface area contributed by atoms with Crippen LogP contribution in [0, 0.1) is 11.8 Å². The van der Waals surface area contributed by atoms with Crippen LogP contribution in [0.4, 0.5) is 0 Å². The molecule has 1 fully saturated rings. The van der Waals surface area contributed by atoms with Gasteiger partial charge in [0.25, 0.3) is 0 Å². The maximum Gasteiger partial charge on any atom is 0.00695 e. The lowest BCUT2D eigenvalue weighted by molar-refractivity contribution is 0.188. The average molecular weight is 239 g/mol. The Bertz CT molecular complexity index is 190. The molecule has 0 aromatic heterocycles. The van der Waals surface area contributed by atoms with E-state index in [4.69, 9.17) is 0 Å². The fraction of sp³-hybridized carbons (Fsp3) is 1.00. The normalized spacial score (nSPS) is 31.4. The molecular formula is C16H33N. The molecular weight excluding hydrogens is 206 g/mol. The number of hydrogen-bond acceptors (Lipinski definition) is 1. The Hall–Kier alpha value is -0.0400. The molecule has 0 saturated carbocycles. The number of hydrogen-bond donors (Lipinski definition) is 0. The van der Waals surface area contributed by atoms with Gasteiger partial charge in [0.15, 0.2) is 0 Å². The molecule has 17 heavy (non-hydrogen) atoms. The van der Waals surface area contributed by atoms with Crippen molar-refractivity contribution in [3.8, 4) is 0 Å². The second kappa shape index (κ2) is 8.13. The van der Waals surface area contributed by atoms with E-state index < -0.39 is 0 Å². The number of unbranched alkanes of at least 4 members (excludes halogenated alkanes) is 4. The van der Waals surface area contributed by atoms with E-state index in [1.807, 2.05) is 0 Å². The van der Waals surface area contributed by atoms with Gasteiger partial charge >= 0.3 is 0 Å². The molecule has 0 bridgehead atoms. The molecule has 0 amide bonds. The van der Waals surface area contributed by atoms with E-state index in [1.165, 1.54) is 58.0 Å². The summed E-state index contributed by atoms with van der Waals surface area (Å²) in [6.07, 6.45) is 9.88. The van der Waals surface area contributed by atoms with Crippen molar-refractivity contribution in [1.29, 1.82) is 0 Å². The molecule has 1 heterocycles. The SMILES string of the molecule is CCCCCCCN1CC(C)CC(C)CC1C. The first-order valence-corrected chi connectivity index (χ1v) is 7.87. The second-order valence-corrected chi connectivity index (χ2v) is 6.44. The number of likely N-dealkylation sites (tertiary alicyclic amines) is 1. The van der Waals surface area contributed by atoms with Crippen LogP contribution in [0.15, 0.2) is 0 Å². The van der Waals surface area contributed by atoms with E-state index in [1.54, 1.807) is 0 Å². The molecule has 1 rings (SSSR count). The highest BCUT2D eigenvalue weighted by Gasteiger charge is 2.23. The molecule has 102 valence electrons. The summed E-state index contributed by atoms with van der Waals surface area (Å²) >= 11 is 0. The lowest BCUT2D eigenvalue weighted by Gasteiger charge is -2.28. The molecule has 0 N–H and O–H groups in total. The molecule has 3 atom stereocenters. The summed E-state index contributed by atoms with van der Waals surface area (Å²) in [7, 11) is 0. The Morgan fingerprint density at radius 3 is 2.29 bits per heavy atom. The zero-order valence-corrected chi connectivity index (χ0v) is 12.5. The van der Waals surface area contributed by atoms with Crippen LogP contribution in [0.25, 0.3) is 0 Å². The van der Waals surface area contributed by atoms with E-state index in [2.05, 4.69) is 32.6 Å². The molecule has 1 aliphatic rings. The van der Waals surface area contributed by atoms with Crippen LogP contribution in [0.5, 0.6) is 0 Å². The summed E-state index contributed by atoms with van der Waals surface area (Å²) in [5.41, 5.74) is 0. The molecule has 1 aliphatic heterocycles. The summed E-state index contributed by atoms with van der Waals surface area (Å²) < 4.78 is 0. The van der Waals surface area contributed by atoms with Crippen molar-refractivity contribution in [2.24, 2.45) is 11.8 Å². The van der Waals surface area contributed by atoms with Crippen LogP contribution in [-0.2, 0) is 0 Å². The van der Waals surface area contributed by atoms with Crippen molar-refractivity contribution in [2.75, 3.05) is 13.1 Å². The smallest absolute Gasteiger partial charge is 0.00695 e. The molecule has 1 nitrogen and oxygen atoms in total. The molecule has 3 unspecified atom stereocenters. The molecule has 1 saturated heterocycles. The second-order valence-electron chi connectivity index (χ2n) is 6.44. The van der Waals surface area contributed by atoms with E-state index in [0.29, 0.717) is 0 Å². The average Bonchev–Trinajstić information content (AvgIpc) is 2.37. The van der Waals surface area contributed by atoms with E-state index >= 15 is 0 Å². The maximum atomic E-state index is 2.75. The van der Waals surface area contributed by atoms with Gasteiger partial charge in [-0.05, 0) is 44.6 Å². The van der Waals surface area contributed by atoms with E-state index in [-0.39, 0.29) is 0 Å². The van der Waals surface area contributed by atoms with Gasteiger partial charge < -0.3 is 4.90 Å². The van der Waals surface area contributed by atoms with Crippen LogP contribution >= 0.6 is 0 Å². The van der Waals surface area contributed by atoms with Gasteiger partial charge in [-0.3, -0.25) is 0 Å². The van der Waals surface area contributed by atoms with Gasteiger partial charge in [-0.15, -0.1) is 0 Å². The Labute approximate surface area is 109 Å². The Kier molecular flexibility index (Phi) is 7.18. The molecule has 0 aromatic carbocycles. The maximum absolute atomic E-state index is 2.75. The Morgan fingerprint density at radius 1 is 0.882 bits per heavy atom. The van der Waals surface area contributed by atoms with Crippen LogP contribution < -0.4 is 0 Å². The first-order chi connectivity index (χ1) is 8.13. The molecule has 0 aliphatic carbocycles. The van der Waals surface area contributed by atoms with Crippen LogP contribution in [0.1, 0.15) is 72.6 Å². The summed E-state index contributed by atoms with van der Waals surface area (Å²) in [5.74, 6) is 1.82. The van der Waals surface area contributed by atoms with Crippen LogP contribution in [0.2, 0.25) is 0 Å². The lowest BCUT2D eigenvalue weighted by Crippen LogP contribution is -2.35. The van der Waals surface area contributed by atoms with Gasteiger partial charge in [-0.2, -0.15) is 0 Å². The van der Waals surface area contributed by atoms with E-state index in [9.17, 15) is 0 Å². The highest BCUT2D eigenvalue weighted by atomic mass is 15.2. The largest absolute Gasteiger partial charge is 0.300 e. The quantitative estimate of drug-likeness (QED) is 0.607. The lowest BCUT2D eigenvalue weighted by atomic mass is 9.95. The highest BCUT2D eigenvalue weighted by Crippen LogP contribution is 2.25. The van der Waals surface area contributed by atoms with Crippen molar-refractivity contribution >= 4 is 0 Å². The topological polar surface area (TPSA) is 3.24 Å². The zero-order chi connectivity index (χ0) is 12.7. The minimum atomic E-state index is 0.807. The minimum Gasteiger partial charge on any atom is -0.300 e. The predicted molar refractivity (Wildman–Crippen MR) is 77.4 cm³/mol. The summed E-state index contributed by atoms with van der Waals surface area (Å²) in [6.45, 7) is 12.2. The van der Waals surface area contributed by atoms with Gasteiger partial charge in [-0.1, -0.05) is 46.5 Å². The zero-order valence-electron chi connectivity index (χ0n) is 12.5. The van der Waals surface area contributed by atoms with Crippen LogP contribution in [-0.4, -0.2) is 24.0 Å². The first kappa shape index (κ1) is 15.0. The van der Waals surface area contributed by atoms with Gasteiger partial charge in [0.1, 0.15) is 0 Å². The highest BCUT2D eigenvalue weighted by molar-refractivity contribution is 4.78. The first-order valence-electron chi connectivity index (χ1n) is 7.87. The summed E-state index contributed by atoms with van der Waals surface area (Å²) in [5, 5.41) is 0. The molecule has 0 aromatic rings. The predicted octanol–water partition coefficient (Wildman–Crippen LogP) is 4.71. The van der Waals surface area contributed by atoms with Crippen molar-refractivity contribution in [3.05, 3.63) is 0 Å². The minimum absolute atomic E-state index is 0.807. The van der Waals surface area contributed by atoms with Gasteiger partial charge in [0.05, 0.1) is 0 Å². The van der Waals surface area contributed by atoms with Gasteiger partial charge in [0.2, 0.25) is 0 Å². The van der Waals surface area contributed by atoms with Crippen LogP contribution in [0.3, 0.4) is 0 Å². The third-order valence-electron chi connectivity index (χ3n) is 4.27. The van der Waals surface area contributed by atoms with Gasteiger partial charge in [-0.25, -0.2) is 0 Å². The standard InChI is InChI=1S/C16H33N/c1-5-6-7-8-9-10-17-13-15(3)11-14(2)12-16(17)4/h14-16H,5-13H2,1-4H3. The Morgan fingerprint density at radius 2 is 1.59 bits per heavy atom. The third kappa shape index (κ3) is 5.90. The fourth-order valence-corrected chi connectivity index (χ4v) is 3.40. The number of nitrogens with zero attached hydrogens (tertiary/aromatic N) is 1. The van der Waals surface area contributed by atoms with E-state index in [0.717, 1.165) is 17.9 Å². The molecule has 0 spiro atoms. The monoisotopic (exact) mass is 239 g/mol. The van der Waals surface area contributed by atoms with Gasteiger partial charge in [0, 0.05) is 12.6 Å².